The first-order chi connectivity index (χ1) is 13.5. The predicted octanol–water partition coefficient (Wildman–Crippen LogP) is 1.94. The number of anilines is 2. The number of carbonyl (C=O) groups is 1. The van der Waals surface area contributed by atoms with Crippen molar-refractivity contribution in [2.75, 3.05) is 63.6 Å². The fourth-order valence-electron chi connectivity index (χ4n) is 3.16. The molecule has 1 saturated heterocycles. The number of halogens is 1. The Balaban J connectivity index is 1.50. The molecule has 1 amide bonds. The minimum Gasteiger partial charge on any atom is -0.369 e. The van der Waals surface area contributed by atoms with E-state index in [-0.39, 0.29) is 11.7 Å². The minimum absolute atomic E-state index is 0.139. The number of hydrogen-bond donors (Lipinski definition) is 1. The van der Waals surface area contributed by atoms with E-state index in [9.17, 15) is 9.18 Å². The summed E-state index contributed by atoms with van der Waals surface area (Å²) in [6, 6.07) is 6.72. The highest BCUT2D eigenvalue weighted by Gasteiger charge is 2.24. The van der Waals surface area contributed by atoms with Gasteiger partial charge in [0.2, 0.25) is 0 Å². The lowest BCUT2D eigenvalue weighted by Gasteiger charge is -2.36. The molecule has 0 unspecified atom stereocenters. The third-order valence-corrected chi connectivity index (χ3v) is 4.72. The van der Waals surface area contributed by atoms with Gasteiger partial charge in [-0.1, -0.05) is 12.1 Å². The fraction of sp³-hybridized carbons (Fsp3) is 0.450. The Morgan fingerprint density at radius 2 is 1.89 bits per heavy atom. The van der Waals surface area contributed by atoms with Crippen molar-refractivity contribution in [3.8, 4) is 0 Å². The zero-order valence-electron chi connectivity index (χ0n) is 16.4. The van der Waals surface area contributed by atoms with Gasteiger partial charge >= 0.3 is 0 Å². The number of piperazine rings is 1. The summed E-state index contributed by atoms with van der Waals surface area (Å²) in [5.74, 6) is 0.293. The summed E-state index contributed by atoms with van der Waals surface area (Å²) < 4.78 is 13.9. The number of nitrogens with one attached hydrogen (secondary N) is 1. The molecule has 0 saturated carbocycles. The van der Waals surface area contributed by atoms with Gasteiger partial charge in [-0.05, 0) is 39.2 Å². The maximum atomic E-state index is 13.9. The molecule has 2 aromatic rings. The molecular weight excluding hydrogens is 359 g/mol. The molecule has 0 bridgehead atoms. The number of nitrogens with zero attached hydrogens (tertiary/aromatic N) is 5. The molecule has 1 aromatic heterocycles. The molecule has 0 aliphatic carbocycles. The van der Waals surface area contributed by atoms with Crippen LogP contribution >= 0.6 is 0 Å². The van der Waals surface area contributed by atoms with Gasteiger partial charge in [0.1, 0.15) is 17.3 Å². The van der Waals surface area contributed by atoms with Gasteiger partial charge in [0.15, 0.2) is 0 Å². The molecule has 3 rings (SSSR count). The predicted molar refractivity (Wildman–Crippen MR) is 108 cm³/mol. The Morgan fingerprint density at radius 3 is 2.54 bits per heavy atom. The summed E-state index contributed by atoms with van der Waals surface area (Å²) in [6.45, 7) is 4.03. The molecule has 28 heavy (non-hydrogen) atoms. The monoisotopic (exact) mass is 386 g/mol. The van der Waals surface area contributed by atoms with Crippen LogP contribution in [0.4, 0.5) is 15.9 Å². The zero-order chi connectivity index (χ0) is 19.9. The van der Waals surface area contributed by atoms with Crippen LogP contribution in [0.5, 0.6) is 0 Å². The van der Waals surface area contributed by atoms with Gasteiger partial charge < -0.3 is 20.0 Å². The van der Waals surface area contributed by atoms with Crippen LogP contribution < -0.4 is 10.2 Å². The third kappa shape index (κ3) is 5.16. The van der Waals surface area contributed by atoms with Crippen molar-refractivity contribution in [3.63, 3.8) is 0 Å². The Kier molecular flexibility index (Phi) is 6.76. The molecule has 1 aliphatic rings. The maximum Gasteiger partial charge on any atom is 0.274 e. The standard InChI is InChI=1S/C20H27FN6O/c1-25(2)9-5-8-22-19-15-23-17(14-24-19)20(28)27-12-10-26(11-13-27)18-7-4-3-6-16(18)21/h3-4,6-7,14-15H,5,8-13H2,1-2H3,(H,22,24). The second kappa shape index (κ2) is 9.45. The van der Waals surface area contributed by atoms with E-state index in [0.29, 0.717) is 43.4 Å². The number of benzene rings is 1. The summed E-state index contributed by atoms with van der Waals surface area (Å²) in [5, 5.41) is 3.21. The van der Waals surface area contributed by atoms with Crippen molar-refractivity contribution < 1.29 is 9.18 Å². The maximum absolute atomic E-state index is 13.9. The molecule has 2 heterocycles. The quantitative estimate of drug-likeness (QED) is 0.734. The van der Waals surface area contributed by atoms with E-state index in [2.05, 4.69) is 20.2 Å². The van der Waals surface area contributed by atoms with Crippen LogP contribution in [0.25, 0.3) is 0 Å². The van der Waals surface area contributed by atoms with Gasteiger partial charge in [0.05, 0.1) is 18.1 Å². The van der Waals surface area contributed by atoms with Crippen LogP contribution in [-0.2, 0) is 0 Å². The van der Waals surface area contributed by atoms with Gasteiger partial charge in [-0.3, -0.25) is 4.79 Å². The first-order valence-electron chi connectivity index (χ1n) is 9.54. The summed E-state index contributed by atoms with van der Waals surface area (Å²) in [5.41, 5.74) is 0.914. The number of amides is 1. The molecular formula is C20H27FN6O. The normalized spacial score (nSPS) is 14.4. The van der Waals surface area contributed by atoms with E-state index in [4.69, 9.17) is 0 Å². The van der Waals surface area contributed by atoms with Gasteiger partial charge in [-0.2, -0.15) is 0 Å². The molecule has 150 valence electrons. The van der Waals surface area contributed by atoms with Crippen molar-refractivity contribution in [3.05, 3.63) is 48.2 Å². The molecule has 0 atom stereocenters. The van der Waals surface area contributed by atoms with Crippen molar-refractivity contribution in [2.24, 2.45) is 0 Å². The second-order valence-corrected chi connectivity index (χ2v) is 7.10. The molecule has 8 heteroatoms. The lowest BCUT2D eigenvalue weighted by Crippen LogP contribution is -2.49. The Morgan fingerprint density at radius 1 is 1.14 bits per heavy atom. The van der Waals surface area contributed by atoms with Crippen LogP contribution in [0.1, 0.15) is 16.9 Å². The van der Waals surface area contributed by atoms with Gasteiger partial charge in [-0.25, -0.2) is 14.4 Å². The molecule has 7 nitrogen and oxygen atoms in total. The van der Waals surface area contributed by atoms with E-state index in [0.717, 1.165) is 19.5 Å². The lowest BCUT2D eigenvalue weighted by molar-refractivity contribution is 0.0740. The highest BCUT2D eigenvalue weighted by molar-refractivity contribution is 5.92. The SMILES string of the molecule is CN(C)CCCNc1cnc(C(=O)N2CCN(c3ccccc3F)CC2)cn1. The van der Waals surface area contributed by atoms with Crippen molar-refractivity contribution in [1.82, 2.24) is 19.8 Å². The van der Waals surface area contributed by atoms with Crippen LogP contribution in [0.2, 0.25) is 0 Å². The number of rotatable bonds is 7. The molecule has 0 radical (unpaired) electrons. The third-order valence-electron chi connectivity index (χ3n) is 4.72. The highest BCUT2D eigenvalue weighted by Crippen LogP contribution is 2.20. The van der Waals surface area contributed by atoms with Gasteiger partial charge in [-0.15, -0.1) is 0 Å². The van der Waals surface area contributed by atoms with E-state index in [1.54, 1.807) is 23.2 Å². The number of aromatic nitrogens is 2. The molecule has 0 spiro atoms. The van der Waals surface area contributed by atoms with Crippen LogP contribution in [-0.4, -0.2) is 79.0 Å². The van der Waals surface area contributed by atoms with E-state index in [1.165, 1.54) is 12.3 Å². The Bertz CT molecular complexity index is 775. The lowest BCUT2D eigenvalue weighted by atomic mass is 10.2. The minimum atomic E-state index is -0.234. The Labute approximate surface area is 165 Å². The van der Waals surface area contributed by atoms with E-state index in [1.807, 2.05) is 25.1 Å². The van der Waals surface area contributed by atoms with Crippen molar-refractivity contribution in [2.45, 2.75) is 6.42 Å². The van der Waals surface area contributed by atoms with E-state index < -0.39 is 0 Å². The van der Waals surface area contributed by atoms with E-state index >= 15 is 0 Å². The van der Waals surface area contributed by atoms with Crippen LogP contribution in [0.3, 0.4) is 0 Å². The largest absolute Gasteiger partial charge is 0.369 e. The number of carbonyl (C=O) groups excluding carboxylic acids is 1. The van der Waals surface area contributed by atoms with Crippen molar-refractivity contribution >= 4 is 17.4 Å². The summed E-state index contributed by atoms with van der Waals surface area (Å²) >= 11 is 0. The summed E-state index contributed by atoms with van der Waals surface area (Å²) in [6.07, 6.45) is 4.11. The Hall–Kier alpha value is -2.74. The zero-order valence-corrected chi connectivity index (χ0v) is 16.4. The first-order valence-corrected chi connectivity index (χ1v) is 9.54. The summed E-state index contributed by atoms with van der Waals surface area (Å²) in [7, 11) is 4.08. The highest BCUT2D eigenvalue weighted by atomic mass is 19.1. The van der Waals surface area contributed by atoms with Crippen LogP contribution in [0, 0.1) is 5.82 Å². The second-order valence-electron chi connectivity index (χ2n) is 7.10. The van der Waals surface area contributed by atoms with Gasteiger partial charge in [0, 0.05) is 32.7 Å². The molecule has 1 aliphatic heterocycles. The average molecular weight is 386 g/mol. The number of para-hydroxylation sites is 1. The smallest absolute Gasteiger partial charge is 0.274 e. The number of hydrogen-bond acceptors (Lipinski definition) is 6. The summed E-state index contributed by atoms with van der Waals surface area (Å²) in [4.78, 5) is 27.0. The molecule has 1 N–H and O–H groups in total. The molecule has 1 fully saturated rings. The average Bonchev–Trinajstić information content (AvgIpc) is 2.71. The van der Waals surface area contributed by atoms with Crippen LogP contribution in [0.15, 0.2) is 36.7 Å². The first kappa shape index (κ1) is 20.0. The molecule has 1 aromatic carbocycles. The topological polar surface area (TPSA) is 64.6 Å². The fourth-order valence-corrected chi connectivity index (χ4v) is 3.16. The van der Waals surface area contributed by atoms with Gasteiger partial charge in [0.25, 0.3) is 5.91 Å². The van der Waals surface area contributed by atoms with Crippen molar-refractivity contribution in [1.29, 1.82) is 0 Å².